The molecule has 0 unspecified atom stereocenters. The highest BCUT2D eigenvalue weighted by atomic mass is 16.2. The number of amides is 1. The summed E-state index contributed by atoms with van der Waals surface area (Å²) in [5, 5.41) is 0. The van der Waals surface area contributed by atoms with E-state index in [0.717, 1.165) is 39.0 Å². The van der Waals surface area contributed by atoms with Crippen molar-refractivity contribution in [1.29, 1.82) is 0 Å². The summed E-state index contributed by atoms with van der Waals surface area (Å²) in [6.45, 7) is 5.83. The van der Waals surface area contributed by atoms with Gasteiger partial charge in [0, 0.05) is 37.8 Å². The molecule has 0 radical (unpaired) electrons. The van der Waals surface area contributed by atoms with Crippen LogP contribution in [0.4, 0.5) is 5.69 Å². The molecule has 0 atom stereocenters. The van der Waals surface area contributed by atoms with E-state index in [9.17, 15) is 4.79 Å². The van der Waals surface area contributed by atoms with Crippen LogP contribution >= 0.6 is 0 Å². The van der Waals surface area contributed by atoms with E-state index in [1.807, 2.05) is 0 Å². The van der Waals surface area contributed by atoms with Crippen molar-refractivity contribution in [2.75, 3.05) is 31.1 Å². The van der Waals surface area contributed by atoms with Crippen molar-refractivity contribution in [3.8, 4) is 0 Å². The van der Waals surface area contributed by atoms with Gasteiger partial charge in [0.2, 0.25) is 5.91 Å². The minimum atomic E-state index is 0.338. The molecule has 1 amide bonds. The molecule has 0 spiro atoms. The Morgan fingerprint density at radius 1 is 1.11 bits per heavy atom. The van der Waals surface area contributed by atoms with Gasteiger partial charge in [0.15, 0.2) is 0 Å². The Hall–Kier alpha value is -1.51. The van der Waals surface area contributed by atoms with Crippen LogP contribution in [0.25, 0.3) is 0 Å². The number of nitrogens with zero attached hydrogens (tertiary/aromatic N) is 2. The summed E-state index contributed by atoms with van der Waals surface area (Å²) in [7, 11) is 0. The van der Waals surface area contributed by atoms with Gasteiger partial charge in [-0.05, 0) is 31.4 Å². The Balaban J connectivity index is 1.60. The maximum Gasteiger partial charge on any atom is 0.225 e. The summed E-state index contributed by atoms with van der Waals surface area (Å²) in [4.78, 5) is 16.7. The van der Waals surface area contributed by atoms with Gasteiger partial charge in [-0.15, -0.1) is 0 Å². The van der Waals surface area contributed by atoms with Crippen LogP contribution in [0, 0.1) is 12.8 Å². The molecule has 0 bridgehead atoms. The third-order valence-electron chi connectivity index (χ3n) is 4.50. The number of benzene rings is 1. The predicted octanol–water partition coefficient (Wildman–Crippen LogP) is 2.44. The van der Waals surface area contributed by atoms with Crippen LogP contribution in [0.2, 0.25) is 0 Å². The monoisotopic (exact) mass is 258 g/mol. The van der Waals surface area contributed by atoms with Crippen molar-refractivity contribution in [1.82, 2.24) is 4.90 Å². The zero-order chi connectivity index (χ0) is 13.2. The molecule has 2 fully saturated rings. The zero-order valence-electron chi connectivity index (χ0n) is 11.6. The quantitative estimate of drug-likeness (QED) is 0.813. The SMILES string of the molecule is Cc1ccccc1N1CCN(C(=O)C2CCC2)CC1. The second kappa shape index (κ2) is 5.24. The molecular weight excluding hydrogens is 236 g/mol. The van der Waals surface area contributed by atoms with Gasteiger partial charge < -0.3 is 9.80 Å². The maximum atomic E-state index is 12.2. The Labute approximate surface area is 115 Å². The van der Waals surface area contributed by atoms with Crippen LogP contribution in [-0.4, -0.2) is 37.0 Å². The first-order valence-electron chi connectivity index (χ1n) is 7.35. The van der Waals surface area contributed by atoms with Crippen molar-refractivity contribution >= 4 is 11.6 Å². The van der Waals surface area contributed by atoms with E-state index in [1.165, 1.54) is 17.7 Å². The number of anilines is 1. The first kappa shape index (κ1) is 12.5. The van der Waals surface area contributed by atoms with Crippen LogP contribution in [-0.2, 0) is 4.79 Å². The highest BCUT2D eigenvalue weighted by Gasteiger charge is 2.31. The molecule has 1 aliphatic carbocycles. The summed E-state index contributed by atoms with van der Waals surface area (Å²) < 4.78 is 0. The van der Waals surface area contributed by atoms with Crippen LogP contribution in [0.1, 0.15) is 24.8 Å². The van der Waals surface area contributed by atoms with Gasteiger partial charge in [-0.1, -0.05) is 24.6 Å². The average molecular weight is 258 g/mol. The van der Waals surface area contributed by atoms with Gasteiger partial charge in [0.1, 0.15) is 0 Å². The van der Waals surface area contributed by atoms with Crippen LogP contribution in [0.15, 0.2) is 24.3 Å². The molecule has 1 aliphatic heterocycles. The molecule has 1 saturated heterocycles. The van der Waals surface area contributed by atoms with Crippen molar-refractivity contribution in [3.63, 3.8) is 0 Å². The fourth-order valence-electron chi connectivity index (χ4n) is 3.00. The molecule has 102 valence electrons. The largest absolute Gasteiger partial charge is 0.368 e. The second-order valence-corrected chi connectivity index (χ2v) is 5.73. The first-order chi connectivity index (χ1) is 9.25. The van der Waals surface area contributed by atoms with Gasteiger partial charge in [0.25, 0.3) is 0 Å². The van der Waals surface area contributed by atoms with Crippen molar-refractivity contribution in [2.24, 2.45) is 5.92 Å². The molecule has 3 nitrogen and oxygen atoms in total. The van der Waals surface area contributed by atoms with E-state index >= 15 is 0 Å². The molecule has 1 aromatic rings. The van der Waals surface area contributed by atoms with Crippen LogP contribution < -0.4 is 4.90 Å². The Kier molecular flexibility index (Phi) is 3.45. The van der Waals surface area contributed by atoms with E-state index in [2.05, 4.69) is 41.0 Å². The summed E-state index contributed by atoms with van der Waals surface area (Å²) in [5.74, 6) is 0.737. The van der Waals surface area contributed by atoms with Gasteiger partial charge >= 0.3 is 0 Å². The van der Waals surface area contributed by atoms with E-state index in [-0.39, 0.29) is 0 Å². The Morgan fingerprint density at radius 2 is 1.79 bits per heavy atom. The minimum Gasteiger partial charge on any atom is -0.368 e. The lowest BCUT2D eigenvalue weighted by Gasteiger charge is -2.39. The molecule has 1 heterocycles. The Morgan fingerprint density at radius 3 is 2.37 bits per heavy atom. The summed E-state index contributed by atoms with van der Waals surface area (Å²) in [5.41, 5.74) is 2.64. The van der Waals surface area contributed by atoms with E-state index in [0.29, 0.717) is 11.8 Å². The Bertz CT molecular complexity index is 460. The number of carbonyl (C=O) groups excluding carboxylic acids is 1. The molecular formula is C16H22N2O. The fourth-order valence-corrected chi connectivity index (χ4v) is 3.00. The first-order valence-corrected chi connectivity index (χ1v) is 7.35. The standard InChI is InChI=1S/C16H22N2O/c1-13-5-2-3-8-15(13)17-9-11-18(12-10-17)16(19)14-6-4-7-14/h2-3,5,8,14H,4,6-7,9-12H2,1H3. The third kappa shape index (κ3) is 2.46. The molecule has 3 heteroatoms. The molecule has 19 heavy (non-hydrogen) atoms. The number of piperazine rings is 1. The lowest BCUT2D eigenvalue weighted by molar-refractivity contribution is -0.138. The topological polar surface area (TPSA) is 23.6 Å². The van der Waals surface area contributed by atoms with E-state index < -0.39 is 0 Å². The highest BCUT2D eigenvalue weighted by Crippen LogP contribution is 2.29. The van der Waals surface area contributed by atoms with Gasteiger partial charge in [-0.25, -0.2) is 0 Å². The zero-order valence-corrected chi connectivity index (χ0v) is 11.6. The van der Waals surface area contributed by atoms with Crippen LogP contribution in [0.3, 0.4) is 0 Å². The highest BCUT2D eigenvalue weighted by molar-refractivity contribution is 5.80. The summed E-state index contributed by atoms with van der Waals surface area (Å²) in [6, 6.07) is 8.50. The molecule has 0 N–H and O–H groups in total. The number of rotatable bonds is 2. The lowest BCUT2D eigenvalue weighted by atomic mass is 9.84. The number of hydrogen-bond donors (Lipinski definition) is 0. The molecule has 1 saturated carbocycles. The maximum absolute atomic E-state index is 12.2. The minimum absolute atomic E-state index is 0.338. The lowest BCUT2D eigenvalue weighted by Crippen LogP contribution is -2.51. The predicted molar refractivity (Wildman–Crippen MR) is 77.3 cm³/mol. The van der Waals surface area contributed by atoms with Gasteiger partial charge in [-0.2, -0.15) is 0 Å². The van der Waals surface area contributed by atoms with E-state index in [4.69, 9.17) is 0 Å². The number of carbonyl (C=O) groups is 1. The third-order valence-corrected chi connectivity index (χ3v) is 4.50. The molecule has 2 aliphatic rings. The summed E-state index contributed by atoms with van der Waals surface area (Å²) >= 11 is 0. The van der Waals surface area contributed by atoms with Crippen molar-refractivity contribution < 1.29 is 4.79 Å². The fraction of sp³-hybridized carbons (Fsp3) is 0.562. The second-order valence-electron chi connectivity index (χ2n) is 5.73. The average Bonchev–Trinajstić information content (AvgIpc) is 2.37. The number of aryl methyl sites for hydroxylation is 1. The van der Waals surface area contributed by atoms with Gasteiger partial charge in [0.05, 0.1) is 0 Å². The summed E-state index contributed by atoms with van der Waals surface area (Å²) in [6.07, 6.45) is 3.45. The molecule has 3 rings (SSSR count). The number of para-hydroxylation sites is 1. The molecule has 1 aromatic carbocycles. The van der Waals surface area contributed by atoms with Gasteiger partial charge in [-0.3, -0.25) is 4.79 Å². The van der Waals surface area contributed by atoms with Crippen LogP contribution in [0.5, 0.6) is 0 Å². The normalized spacial score (nSPS) is 20.3. The molecule has 0 aromatic heterocycles. The van der Waals surface area contributed by atoms with E-state index in [1.54, 1.807) is 0 Å². The van der Waals surface area contributed by atoms with Crippen molar-refractivity contribution in [3.05, 3.63) is 29.8 Å². The smallest absolute Gasteiger partial charge is 0.225 e. The van der Waals surface area contributed by atoms with Crippen molar-refractivity contribution in [2.45, 2.75) is 26.2 Å². The number of hydrogen-bond acceptors (Lipinski definition) is 2.